The standard InChI is InChI=1S/C19H20N2O2/c22-18(14-7-4-5-8-14)21-17-12-6-9-15(13-17)19(23)20-16-10-2-1-3-11-16/h1-3,6,9-14H,4-5,7-8H2,(H,20,23)(H,21,22). The van der Waals surface area contributed by atoms with E-state index in [9.17, 15) is 9.59 Å². The summed E-state index contributed by atoms with van der Waals surface area (Å²) >= 11 is 0. The Morgan fingerprint density at radius 2 is 1.52 bits per heavy atom. The number of rotatable bonds is 4. The number of hydrogen-bond donors (Lipinski definition) is 2. The lowest BCUT2D eigenvalue weighted by Crippen LogP contribution is -2.20. The summed E-state index contributed by atoms with van der Waals surface area (Å²) < 4.78 is 0. The van der Waals surface area contributed by atoms with Gasteiger partial charge in [-0.2, -0.15) is 0 Å². The minimum absolute atomic E-state index is 0.0584. The maximum atomic E-state index is 12.3. The lowest BCUT2D eigenvalue weighted by molar-refractivity contribution is -0.119. The first kappa shape index (κ1) is 15.3. The Morgan fingerprint density at radius 1 is 0.826 bits per heavy atom. The zero-order valence-electron chi connectivity index (χ0n) is 12.9. The van der Waals surface area contributed by atoms with Crippen molar-refractivity contribution in [3.63, 3.8) is 0 Å². The quantitative estimate of drug-likeness (QED) is 0.894. The van der Waals surface area contributed by atoms with Gasteiger partial charge in [-0.05, 0) is 43.2 Å². The molecule has 2 N–H and O–H groups in total. The number of carbonyl (C=O) groups is 2. The van der Waals surface area contributed by atoms with Crippen molar-refractivity contribution in [2.45, 2.75) is 25.7 Å². The summed E-state index contributed by atoms with van der Waals surface area (Å²) in [6.07, 6.45) is 4.16. The Kier molecular flexibility index (Phi) is 4.71. The van der Waals surface area contributed by atoms with E-state index in [0.29, 0.717) is 11.3 Å². The van der Waals surface area contributed by atoms with E-state index in [-0.39, 0.29) is 17.7 Å². The first-order valence-corrected chi connectivity index (χ1v) is 8.00. The molecular formula is C19H20N2O2. The summed E-state index contributed by atoms with van der Waals surface area (Å²) in [7, 11) is 0. The van der Waals surface area contributed by atoms with Crippen molar-refractivity contribution in [3.8, 4) is 0 Å². The van der Waals surface area contributed by atoms with Gasteiger partial charge in [-0.3, -0.25) is 9.59 Å². The smallest absolute Gasteiger partial charge is 0.255 e. The van der Waals surface area contributed by atoms with E-state index >= 15 is 0 Å². The highest BCUT2D eigenvalue weighted by Gasteiger charge is 2.22. The second kappa shape index (κ2) is 7.09. The van der Waals surface area contributed by atoms with Crippen LogP contribution in [0.3, 0.4) is 0 Å². The maximum Gasteiger partial charge on any atom is 0.255 e. The Bertz CT molecular complexity index is 692. The van der Waals surface area contributed by atoms with E-state index in [1.54, 1.807) is 18.2 Å². The highest BCUT2D eigenvalue weighted by molar-refractivity contribution is 6.05. The van der Waals surface area contributed by atoms with E-state index < -0.39 is 0 Å². The fourth-order valence-electron chi connectivity index (χ4n) is 2.90. The van der Waals surface area contributed by atoms with Crippen LogP contribution in [-0.2, 0) is 4.79 Å². The SMILES string of the molecule is O=C(Nc1ccccc1)c1cccc(NC(=O)C2CCCC2)c1. The Balaban J connectivity index is 1.67. The maximum absolute atomic E-state index is 12.3. The average molecular weight is 308 g/mol. The molecule has 0 spiro atoms. The predicted octanol–water partition coefficient (Wildman–Crippen LogP) is 4.07. The molecule has 0 saturated heterocycles. The zero-order valence-corrected chi connectivity index (χ0v) is 12.9. The van der Waals surface area contributed by atoms with Crippen LogP contribution in [0, 0.1) is 5.92 Å². The van der Waals surface area contributed by atoms with Gasteiger partial charge in [0.25, 0.3) is 5.91 Å². The molecule has 0 aromatic heterocycles. The van der Waals surface area contributed by atoms with Crippen molar-refractivity contribution < 1.29 is 9.59 Å². The average Bonchev–Trinajstić information content (AvgIpc) is 3.11. The van der Waals surface area contributed by atoms with Crippen LogP contribution in [-0.4, -0.2) is 11.8 Å². The molecule has 118 valence electrons. The van der Waals surface area contributed by atoms with Crippen molar-refractivity contribution in [2.24, 2.45) is 5.92 Å². The number of anilines is 2. The third-order valence-electron chi connectivity index (χ3n) is 4.15. The minimum atomic E-state index is -0.187. The van der Waals surface area contributed by atoms with Crippen LogP contribution < -0.4 is 10.6 Å². The largest absolute Gasteiger partial charge is 0.326 e. The second-order valence-corrected chi connectivity index (χ2v) is 5.87. The van der Waals surface area contributed by atoms with Gasteiger partial charge in [0.2, 0.25) is 5.91 Å². The van der Waals surface area contributed by atoms with Crippen LogP contribution in [0.1, 0.15) is 36.0 Å². The van der Waals surface area contributed by atoms with Crippen LogP contribution in [0.5, 0.6) is 0 Å². The number of para-hydroxylation sites is 1. The molecule has 1 aliphatic rings. The fraction of sp³-hybridized carbons (Fsp3) is 0.263. The van der Waals surface area contributed by atoms with E-state index in [4.69, 9.17) is 0 Å². The molecule has 4 nitrogen and oxygen atoms in total. The van der Waals surface area contributed by atoms with Crippen LogP contribution in [0.15, 0.2) is 54.6 Å². The Morgan fingerprint density at radius 3 is 2.26 bits per heavy atom. The number of carbonyl (C=O) groups excluding carboxylic acids is 2. The van der Waals surface area contributed by atoms with Crippen LogP contribution >= 0.6 is 0 Å². The van der Waals surface area contributed by atoms with Gasteiger partial charge in [0.05, 0.1) is 0 Å². The lowest BCUT2D eigenvalue weighted by atomic mass is 10.1. The second-order valence-electron chi connectivity index (χ2n) is 5.87. The summed E-state index contributed by atoms with van der Waals surface area (Å²) in [5.74, 6) is -0.0203. The Labute approximate surface area is 135 Å². The normalized spacial score (nSPS) is 14.4. The molecule has 0 unspecified atom stereocenters. The van der Waals surface area contributed by atoms with Crippen molar-refractivity contribution in [2.75, 3.05) is 10.6 Å². The third-order valence-corrected chi connectivity index (χ3v) is 4.15. The molecular weight excluding hydrogens is 288 g/mol. The lowest BCUT2D eigenvalue weighted by Gasteiger charge is -2.11. The molecule has 3 rings (SSSR count). The molecule has 2 amide bonds. The van der Waals surface area contributed by atoms with Crippen molar-refractivity contribution >= 4 is 23.2 Å². The van der Waals surface area contributed by atoms with Gasteiger partial charge in [0.15, 0.2) is 0 Å². The molecule has 23 heavy (non-hydrogen) atoms. The molecule has 0 bridgehead atoms. The summed E-state index contributed by atoms with van der Waals surface area (Å²) in [6, 6.07) is 16.4. The van der Waals surface area contributed by atoms with Gasteiger partial charge in [-0.1, -0.05) is 37.1 Å². The minimum Gasteiger partial charge on any atom is -0.326 e. The number of benzene rings is 2. The molecule has 0 heterocycles. The van der Waals surface area contributed by atoms with E-state index in [2.05, 4.69) is 10.6 Å². The summed E-state index contributed by atoms with van der Waals surface area (Å²) in [5.41, 5.74) is 1.94. The Hall–Kier alpha value is -2.62. The van der Waals surface area contributed by atoms with Gasteiger partial charge in [-0.25, -0.2) is 0 Å². The van der Waals surface area contributed by atoms with Gasteiger partial charge in [-0.15, -0.1) is 0 Å². The number of nitrogens with one attached hydrogen (secondary N) is 2. The topological polar surface area (TPSA) is 58.2 Å². The van der Waals surface area contributed by atoms with E-state index in [1.165, 1.54) is 0 Å². The number of hydrogen-bond acceptors (Lipinski definition) is 2. The molecule has 1 fully saturated rings. The summed E-state index contributed by atoms with van der Waals surface area (Å²) in [6.45, 7) is 0. The van der Waals surface area contributed by atoms with Gasteiger partial charge < -0.3 is 10.6 Å². The first-order valence-electron chi connectivity index (χ1n) is 8.00. The molecule has 0 atom stereocenters. The molecule has 4 heteroatoms. The van der Waals surface area contributed by atoms with Crippen LogP contribution in [0.4, 0.5) is 11.4 Å². The zero-order chi connectivity index (χ0) is 16.1. The van der Waals surface area contributed by atoms with Crippen molar-refractivity contribution in [3.05, 3.63) is 60.2 Å². The van der Waals surface area contributed by atoms with Crippen LogP contribution in [0.2, 0.25) is 0 Å². The fourth-order valence-corrected chi connectivity index (χ4v) is 2.90. The van der Waals surface area contributed by atoms with E-state index in [1.807, 2.05) is 36.4 Å². The predicted molar refractivity (Wildman–Crippen MR) is 91.4 cm³/mol. The summed E-state index contributed by atoms with van der Waals surface area (Å²) in [5, 5.41) is 5.77. The molecule has 2 aromatic carbocycles. The van der Waals surface area contributed by atoms with Crippen LogP contribution in [0.25, 0.3) is 0 Å². The third kappa shape index (κ3) is 3.97. The molecule has 0 radical (unpaired) electrons. The molecule has 1 aliphatic carbocycles. The number of amides is 2. The van der Waals surface area contributed by atoms with Crippen molar-refractivity contribution in [1.82, 2.24) is 0 Å². The molecule has 1 saturated carbocycles. The molecule has 2 aromatic rings. The van der Waals surface area contributed by atoms with Gasteiger partial charge >= 0.3 is 0 Å². The highest BCUT2D eigenvalue weighted by Crippen LogP contribution is 2.26. The summed E-state index contributed by atoms with van der Waals surface area (Å²) in [4.78, 5) is 24.5. The molecule has 0 aliphatic heterocycles. The van der Waals surface area contributed by atoms with Crippen molar-refractivity contribution in [1.29, 1.82) is 0 Å². The van der Waals surface area contributed by atoms with Gasteiger partial charge in [0, 0.05) is 22.9 Å². The van der Waals surface area contributed by atoms with E-state index in [0.717, 1.165) is 31.4 Å². The first-order chi connectivity index (χ1) is 11.2. The van der Waals surface area contributed by atoms with Gasteiger partial charge in [0.1, 0.15) is 0 Å². The monoisotopic (exact) mass is 308 g/mol. The highest BCUT2D eigenvalue weighted by atomic mass is 16.2.